The minimum atomic E-state index is -5.16. The van der Waals surface area contributed by atoms with Gasteiger partial charge in [0.15, 0.2) is 11.5 Å². The van der Waals surface area contributed by atoms with Crippen molar-refractivity contribution < 1.29 is 40.3 Å². The first-order chi connectivity index (χ1) is 25.1. The van der Waals surface area contributed by atoms with E-state index in [2.05, 4.69) is 9.97 Å². The van der Waals surface area contributed by atoms with E-state index in [1.54, 1.807) is 14.0 Å². The van der Waals surface area contributed by atoms with Crippen LogP contribution in [-0.4, -0.2) is 88.4 Å². The first-order valence-electron chi connectivity index (χ1n) is 17.3. The largest absolute Gasteiger partial charge is 0.461 e. The van der Waals surface area contributed by atoms with Gasteiger partial charge < -0.3 is 20.3 Å². The van der Waals surface area contributed by atoms with Gasteiger partial charge in [-0.2, -0.15) is 28.4 Å². The van der Waals surface area contributed by atoms with Gasteiger partial charge in [-0.25, -0.2) is 17.6 Å². The van der Waals surface area contributed by atoms with Crippen molar-refractivity contribution in [1.82, 2.24) is 19.8 Å². The van der Waals surface area contributed by atoms with E-state index in [4.69, 9.17) is 10.5 Å². The average molecular weight is 762 g/mol. The molecule has 8 rings (SSSR count). The van der Waals surface area contributed by atoms with Crippen molar-refractivity contribution in [3.05, 3.63) is 41.0 Å². The predicted octanol–water partition coefficient (Wildman–Crippen LogP) is 7.15. The molecule has 4 atom stereocenters. The molecule has 0 spiro atoms. The summed E-state index contributed by atoms with van der Waals surface area (Å²) in [4.78, 5) is 26.8. The van der Waals surface area contributed by atoms with Gasteiger partial charge in [-0.1, -0.05) is 6.07 Å². The fraction of sp³-hybridized carbons (Fsp3) is 0.500. The Morgan fingerprint density at radius 3 is 2.66 bits per heavy atom. The van der Waals surface area contributed by atoms with Gasteiger partial charge in [0, 0.05) is 48.9 Å². The molecule has 2 aromatic heterocycles. The Bertz CT molecular complexity index is 2220. The minimum absolute atomic E-state index is 0.0593. The van der Waals surface area contributed by atoms with E-state index < -0.39 is 75.4 Å². The molecule has 1 amide bonds. The van der Waals surface area contributed by atoms with Gasteiger partial charge >= 0.3 is 12.2 Å². The number of nitriles is 1. The number of carbonyl (C=O) groups is 1. The zero-order chi connectivity index (χ0) is 37.8. The highest BCUT2D eigenvalue weighted by atomic mass is 32.1. The molecule has 5 heterocycles. The number of rotatable bonds is 7. The van der Waals surface area contributed by atoms with Gasteiger partial charge in [0.2, 0.25) is 0 Å². The van der Waals surface area contributed by atoms with Crippen LogP contribution >= 0.6 is 11.3 Å². The van der Waals surface area contributed by atoms with Crippen molar-refractivity contribution in [2.75, 3.05) is 43.9 Å². The number of carbonyl (C=O) groups excluding carboxylic acids is 1. The summed E-state index contributed by atoms with van der Waals surface area (Å²) in [6.07, 6.45) is -4.06. The molecule has 17 heteroatoms. The van der Waals surface area contributed by atoms with Crippen LogP contribution in [0.4, 0.5) is 41.6 Å². The van der Waals surface area contributed by atoms with Crippen LogP contribution in [0.2, 0.25) is 0 Å². The fourth-order valence-electron chi connectivity index (χ4n) is 8.63. The lowest BCUT2D eigenvalue weighted by Crippen LogP contribution is -2.47. The molecule has 0 unspecified atom stereocenters. The SMILES string of the molecule is C[C@@H]1[C@H](N(C)c2nc(OC[C@@]34CCCN3C[C@H](F)C4)nc3c(F)c(-c4ccc(F)c5sc(N)c(C#N)c45)c(C(F)(F)F)cc23)CCN1C(=O)C1(F)CC1. The van der Waals surface area contributed by atoms with Crippen LogP contribution < -0.4 is 15.4 Å². The summed E-state index contributed by atoms with van der Waals surface area (Å²) in [6.45, 7) is 2.73. The van der Waals surface area contributed by atoms with E-state index in [0.717, 1.165) is 18.6 Å². The number of benzene rings is 2. The molecule has 9 nitrogen and oxygen atoms in total. The number of hydrogen-bond donors (Lipinski definition) is 1. The molecule has 3 aliphatic heterocycles. The molecular formula is C36H34F7N7O2S. The summed E-state index contributed by atoms with van der Waals surface area (Å²) in [5.74, 6) is -3.05. The number of alkyl halides is 5. The third-order valence-electron chi connectivity index (χ3n) is 11.5. The fourth-order valence-corrected chi connectivity index (χ4v) is 9.58. The highest BCUT2D eigenvalue weighted by Gasteiger charge is 2.55. The van der Waals surface area contributed by atoms with Crippen molar-refractivity contribution in [1.29, 1.82) is 5.26 Å². The summed E-state index contributed by atoms with van der Waals surface area (Å²) in [6, 6.07) is 2.85. The number of nitrogens with zero attached hydrogens (tertiary/aromatic N) is 6. The van der Waals surface area contributed by atoms with Gasteiger partial charge in [-0.3, -0.25) is 9.69 Å². The molecule has 280 valence electrons. The molecule has 2 N–H and O–H groups in total. The maximum Gasteiger partial charge on any atom is 0.417 e. The second kappa shape index (κ2) is 12.3. The van der Waals surface area contributed by atoms with Crippen LogP contribution in [0.1, 0.15) is 56.6 Å². The van der Waals surface area contributed by atoms with Crippen molar-refractivity contribution >= 4 is 49.1 Å². The zero-order valence-corrected chi connectivity index (χ0v) is 29.5. The van der Waals surface area contributed by atoms with E-state index in [0.29, 0.717) is 36.8 Å². The smallest absolute Gasteiger partial charge is 0.417 e. The first-order valence-corrected chi connectivity index (χ1v) is 18.2. The van der Waals surface area contributed by atoms with Crippen LogP contribution in [0.15, 0.2) is 18.2 Å². The first kappa shape index (κ1) is 35.6. The molecule has 4 aromatic rings. The Kier molecular flexibility index (Phi) is 8.26. The quantitative estimate of drug-likeness (QED) is 0.198. The lowest BCUT2D eigenvalue weighted by molar-refractivity contribution is -0.139. The highest BCUT2D eigenvalue weighted by molar-refractivity contribution is 7.23. The second-order valence-electron chi connectivity index (χ2n) is 14.6. The van der Waals surface area contributed by atoms with Crippen molar-refractivity contribution in [3.8, 4) is 23.2 Å². The zero-order valence-electron chi connectivity index (χ0n) is 28.7. The average Bonchev–Trinajstić information content (AvgIpc) is 3.36. The van der Waals surface area contributed by atoms with Crippen LogP contribution in [0.3, 0.4) is 0 Å². The van der Waals surface area contributed by atoms with Crippen LogP contribution in [-0.2, 0) is 11.0 Å². The topological polar surface area (TPSA) is 112 Å². The number of fused-ring (bicyclic) bond motifs is 3. The van der Waals surface area contributed by atoms with Crippen molar-refractivity contribution in [3.63, 3.8) is 0 Å². The number of likely N-dealkylation sites (tertiary alicyclic amines) is 1. The molecule has 0 bridgehead atoms. The summed E-state index contributed by atoms with van der Waals surface area (Å²) < 4.78 is 113. The number of nitrogens with two attached hydrogens (primary N) is 1. The van der Waals surface area contributed by atoms with E-state index in [1.165, 1.54) is 9.80 Å². The molecule has 4 fully saturated rings. The van der Waals surface area contributed by atoms with Crippen LogP contribution in [0.25, 0.3) is 32.1 Å². The Hall–Kier alpha value is -4.43. The number of aromatic nitrogens is 2. The van der Waals surface area contributed by atoms with E-state index in [9.17, 15) is 23.2 Å². The van der Waals surface area contributed by atoms with E-state index >= 15 is 17.6 Å². The number of amides is 1. The molecule has 3 saturated heterocycles. The number of halogens is 7. The third-order valence-corrected chi connectivity index (χ3v) is 12.5. The monoisotopic (exact) mass is 761 g/mol. The van der Waals surface area contributed by atoms with E-state index in [1.807, 2.05) is 11.0 Å². The van der Waals surface area contributed by atoms with Gasteiger partial charge in [-0.15, -0.1) is 11.3 Å². The van der Waals surface area contributed by atoms with Crippen LogP contribution in [0, 0.1) is 23.0 Å². The number of anilines is 2. The summed E-state index contributed by atoms with van der Waals surface area (Å²) in [5, 5.41) is 9.11. The summed E-state index contributed by atoms with van der Waals surface area (Å²) in [5.41, 5.74) is -0.279. The number of nitrogen functional groups attached to an aromatic ring is 1. The maximum atomic E-state index is 17.2. The standard InChI is InChI=1S/C36H34F7N7O2S/c1-17-24(6-11-50(17)32(51)35(40)8-9-35)48(2)31-20-12-22(36(41,42)43)26(19-4-5-23(38)29-25(19)21(14-44)30(45)53-29)27(39)28(20)46-33(47-31)52-16-34-7-3-10-49(34)15-18(37)13-34/h4-5,12,17-18,24H,3,6-11,13,15-16,45H2,1-2H3/t17-,18-,24-,34+/m1/s1. The maximum absolute atomic E-state index is 17.2. The van der Waals surface area contributed by atoms with Gasteiger partial charge in [0.1, 0.15) is 41.0 Å². The van der Waals surface area contributed by atoms with Crippen LogP contribution in [0.5, 0.6) is 6.01 Å². The molecule has 1 aliphatic carbocycles. The summed E-state index contributed by atoms with van der Waals surface area (Å²) in [7, 11) is 1.54. The van der Waals surface area contributed by atoms with Gasteiger partial charge in [0.05, 0.1) is 27.4 Å². The highest BCUT2D eigenvalue weighted by Crippen LogP contribution is 2.49. The molecule has 53 heavy (non-hydrogen) atoms. The number of thiophene rings is 1. The number of ether oxygens (including phenoxy) is 1. The van der Waals surface area contributed by atoms with Crippen molar-refractivity contribution in [2.24, 2.45) is 0 Å². The summed E-state index contributed by atoms with van der Waals surface area (Å²) >= 11 is 0.660. The molecular weight excluding hydrogens is 727 g/mol. The molecule has 1 saturated carbocycles. The van der Waals surface area contributed by atoms with Gasteiger partial charge in [-0.05, 0) is 63.3 Å². The van der Waals surface area contributed by atoms with E-state index in [-0.39, 0.29) is 76.8 Å². The molecule has 4 aliphatic rings. The Morgan fingerprint density at radius 1 is 1.21 bits per heavy atom. The normalized spacial score (nSPS) is 25.3. The third kappa shape index (κ3) is 5.62. The Morgan fingerprint density at radius 2 is 1.96 bits per heavy atom. The second-order valence-corrected chi connectivity index (χ2v) is 15.7. The van der Waals surface area contributed by atoms with Crippen molar-refractivity contribution in [2.45, 2.75) is 81.1 Å². The molecule has 0 radical (unpaired) electrons. The lowest BCUT2D eigenvalue weighted by Gasteiger charge is -2.33. The minimum Gasteiger partial charge on any atom is -0.461 e. The van der Waals surface area contributed by atoms with Gasteiger partial charge in [0.25, 0.3) is 5.91 Å². The Labute approximate surface area is 303 Å². The molecule has 2 aromatic carbocycles. The predicted molar refractivity (Wildman–Crippen MR) is 184 cm³/mol. The number of hydrogen-bond acceptors (Lipinski definition) is 9. The Balaban J connectivity index is 1.31. The number of likely N-dealkylation sites (N-methyl/N-ethyl adjacent to an activating group) is 1. The lowest BCUT2D eigenvalue weighted by atomic mass is 9.92.